The molecule has 0 bridgehead atoms. The fraction of sp³-hybridized carbons (Fsp3) is 0.200. The number of nitrogens with one attached hydrogen (secondary N) is 1. The van der Waals surface area contributed by atoms with Gasteiger partial charge in [-0.25, -0.2) is 0 Å². The molecule has 12 heavy (non-hydrogen) atoms. The van der Waals surface area contributed by atoms with Gasteiger partial charge in [0.05, 0.1) is 6.54 Å². The van der Waals surface area contributed by atoms with Crippen LogP contribution in [0.5, 0.6) is 0 Å². The summed E-state index contributed by atoms with van der Waals surface area (Å²) in [6, 6.07) is 8.20. The molecule has 3 rings (SSSR count). The Bertz CT molecular complexity index is 430. The summed E-state index contributed by atoms with van der Waals surface area (Å²) >= 11 is 0. The first-order valence-electron chi connectivity index (χ1n) is 4.15. The van der Waals surface area contributed by atoms with Crippen molar-refractivity contribution in [3.8, 4) is 0 Å². The van der Waals surface area contributed by atoms with E-state index in [0.717, 1.165) is 24.4 Å². The third-order valence-corrected chi connectivity index (χ3v) is 2.37. The Hall–Kier alpha value is -1.28. The number of hydrogen-bond acceptors (Lipinski definition) is 2. The van der Waals surface area contributed by atoms with Crippen LogP contribution in [0.15, 0.2) is 28.7 Å². The molecular formula is C10H9NO. The number of rotatable bonds is 0. The molecule has 0 radical (unpaired) electrons. The average molecular weight is 159 g/mol. The number of hydrogen-bond donors (Lipinski definition) is 1. The topological polar surface area (TPSA) is 25.2 Å². The largest absolute Gasteiger partial charge is 0.459 e. The molecule has 0 aliphatic carbocycles. The lowest BCUT2D eigenvalue weighted by Gasteiger charge is -1.90. The summed E-state index contributed by atoms with van der Waals surface area (Å²) in [5.41, 5.74) is 2.36. The van der Waals surface area contributed by atoms with Gasteiger partial charge in [0, 0.05) is 17.5 Å². The van der Waals surface area contributed by atoms with Crippen LogP contribution < -0.4 is 5.32 Å². The summed E-state index contributed by atoms with van der Waals surface area (Å²) in [6.45, 7) is 1.83. The van der Waals surface area contributed by atoms with Gasteiger partial charge in [0.1, 0.15) is 11.3 Å². The summed E-state index contributed by atoms with van der Waals surface area (Å²) in [5.74, 6) is 1.11. The first-order valence-corrected chi connectivity index (χ1v) is 4.15. The van der Waals surface area contributed by atoms with Crippen molar-refractivity contribution in [2.75, 3.05) is 0 Å². The minimum absolute atomic E-state index is 0.879. The van der Waals surface area contributed by atoms with Crippen molar-refractivity contribution in [3.05, 3.63) is 35.6 Å². The van der Waals surface area contributed by atoms with E-state index in [1.165, 1.54) is 10.9 Å². The van der Waals surface area contributed by atoms with Crippen LogP contribution in [0.4, 0.5) is 0 Å². The molecule has 1 N–H and O–H groups in total. The first-order chi connectivity index (χ1) is 5.95. The molecule has 2 nitrogen and oxygen atoms in total. The molecule has 0 saturated carbocycles. The molecule has 0 fully saturated rings. The molecule has 2 heteroatoms. The maximum atomic E-state index is 5.65. The van der Waals surface area contributed by atoms with Crippen molar-refractivity contribution in [1.29, 1.82) is 0 Å². The van der Waals surface area contributed by atoms with E-state index >= 15 is 0 Å². The van der Waals surface area contributed by atoms with Crippen LogP contribution in [0, 0.1) is 0 Å². The van der Waals surface area contributed by atoms with Gasteiger partial charge in [0.2, 0.25) is 0 Å². The minimum atomic E-state index is 0.879. The van der Waals surface area contributed by atoms with Crippen LogP contribution in [0.3, 0.4) is 0 Å². The number of fused-ring (bicyclic) bond motifs is 3. The Labute approximate surface area is 70.2 Å². The second-order valence-electron chi connectivity index (χ2n) is 3.10. The van der Waals surface area contributed by atoms with E-state index in [2.05, 4.69) is 17.4 Å². The van der Waals surface area contributed by atoms with Gasteiger partial charge < -0.3 is 9.73 Å². The van der Waals surface area contributed by atoms with Crippen molar-refractivity contribution in [1.82, 2.24) is 5.32 Å². The predicted octanol–water partition coefficient (Wildman–Crippen LogP) is 2.04. The molecule has 0 spiro atoms. The molecule has 2 heterocycles. The van der Waals surface area contributed by atoms with Gasteiger partial charge in [-0.05, 0) is 6.07 Å². The fourth-order valence-electron chi connectivity index (χ4n) is 1.79. The zero-order valence-electron chi connectivity index (χ0n) is 6.63. The zero-order valence-corrected chi connectivity index (χ0v) is 6.63. The molecule has 60 valence electrons. The van der Waals surface area contributed by atoms with E-state index in [1.807, 2.05) is 12.1 Å². The quantitative estimate of drug-likeness (QED) is 0.636. The molecule has 1 aliphatic heterocycles. The Balaban J connectivity index is 2.44. The zero-order chi connectivity index (χ0) is 7.97. The van der Waals surface area contributed by atoms with Crippen LogP contribution >= 0.6 is 0 Å². The summed E-state index contributed by atoms with van der Waals surface area (Å²) < 4.78 is 5.65. The standard InChI is InChI=1S/C10H9NO/c1-2-4-9-7(3-1)8-5-11-6-10(8)12-9/h1-4,11H,5-6H2. The second-order valence-corrected chi connectivity index (χ2v) is 3.10. The van der Waals surface area contributed by atoms with Crippen molar-refractivity contribution in [2.45, 2.75) is 13.1 Å². The minimum Gasteiger partial charge on any atom is -0.459 e. The molecule has 1 aromatic heterocycles. The fourth-order valence-corrected chi connectivity index (χ4v) is 1.79. The van der Waals surface area contributed by atoms with Crippen LogP contribution in [-0.4, -0.2) is 0 Å². The molecule has 0 saturated heterocycles. The Morgan fingerprint density at radius 3 is 3.08 bits per heavy atom. The van der Waals surface area contributed by atoms with E-state index in [9.17, 15) is 0 Å². The lowest BCUT2D eigenvalue weighted by Crippen LogP contribution is -2.00. The lowest BCUT2D eigenvalue weighted by molar-refractivity contribution is 0.544. The third kappa shape index (κ3) is 0.676. The number of para-hydroxylation sites is 1. The van der Waals surface area contributed by atoms with Crippen molar-refractivity contribution < 1.29 is 4.42 Å². The van der Waals surface area contributed by atoms with Gasteiger partial charge >= 0.3 is 0 Å². The van der Waals surface area contributed by atoms with Gasteiger partial charge in [-0.2, -0.15) is 0 Å². The Morgan fingerprint density at radius 2 is 2.08 bits per heavy atom. The average Bonchev–Trinajstić information content (AvgIpc) is 2.62. The van der Waals surface area contributed by atoms with E-state index < -0.39 is 0 Å². The van der Waals surface area contributed by atoms with E-state index in [0.29, 0.717) is 0 Å². The van der Waals surface area contributed by atoms with E-state index in [-0.39, 0.29) is 0 Å². The molecule has 1 aromatic carbocycles. The Kier molecular flexibility index (Phi) is 1.10. The van der Waals surface area contributed by atoms with Crippen molar-refractivity contribution in [2.24, 2.45) is 0 Å². The summed E-state index contributed by atoms with van der Waals surface area (Å²) in [4.78, 5) is 0. The maximum Gasteiger partial charge on any atom is 0.134 e. The van der Waals surface area contributed by atoms with Gasteiger partial charge in [-0.1, -0.05) is 18.2 Å². The highest BCUT2D eigenvalue weighted by Crippen LogP contribution is 2.28. The number of benzene rings is 1. The normalized spacial score (nSPS) is 15.3. The molecule has 0 atom stereocenters. The summed E-state index contributed by atoms with van der Waals surface area (Å²) in [7, 11) is 0. The van der Waals surface area contributed by atoms with Gasteiger partial charge in [0.25, 0.3) is 0 Å². The van der Waals surface area contributed by atoms with Gasteiger partial charge in [0.15, 0.2) is 0 Å². The first kappa shape index (κ1) is 6.26. The third-order valence-electron chi connectivity index (χ3n) is 2.37. The Morgan fingerprint density at radius 1 is 1.17 bits per heavy atom. The summed E-state index contributed by atoms with van der Waals surface area (Å²) in [6.07, 6.45) is 0. The number of furan rings is 1. The predicted molar refractivity (Wildman–Crippen MR) is 46.8 cm³/mol. The van der Waals surface area contributed by atoms with Crippen LogP contribution in [0.2, 0.25) is 0 Å². The van der Waals surface area contributed by atoms with Gasteiger partial charge in [-0.3, -0.25) is 0 Å². The van der Waals surface area contributed by atoms with Crippen molar-refractivity contribution in [3.63, 3.8) is 0 Å². The summed E-state index contributed by atoms with van der Waals surface area (Å²) in [5, 5.41) is 4.53. The second kappa shape index (κ2) is 2.11. The lowest BCUT2D eigenvalue weighted by atomic mass is 10.1. The van der Waals surface area contributed by atoms with E-state index in [4.69, 9.17) is 4.42 Å². The van der Waals surface area contributed by atoms with Crippen LogP contribution in [-0.2, 0) is 13.1 Å². The highest BCUT2D eigenvalue weighted by Gasteiger charge is 2.17. The molecule has 0 amide bonds. The molecule has 1 aliphatic rings. The van der Waals surface area contributed by atoms with Crippen LogP contribution in [0.1, 0.15) is 11.3 Å². The maximum absolute atomic E-state index is 5.65. The van der Waals surface area contributed by atoms with E-state index in [1.54, 1.807) is 0 Å². The van der Waals surface area contributed by atoms with Crippen molar-refractivity contribution >= 4 is 11.0 Å². The highest BCUT2D eigenvalue weighted by molar-refractivity contribution is 5.82. The smallest absolute Gasteiger partial charge is 0.134 e. The molecule has 0 unspecified atom stereocenters. The van der Waals surface area contributed by atoms with Crippen LogP contribution in [0.25, 0.3) is 11.0 Å². The molecular weight excluding hydrogens is 150 g/mol. The SMILES string of the molecule is c1ccc2c3c(oc2c1)CNC3. The van der Waals surface area contributed by atoms with Gasteiger partial charge in [-0.15, -0.1) is 0 Å². The molecule has 2 aromatic rings. The highest BCUT2D eigenvalue weighted by atomic mass is 16.3. The monoisotopic (exact) mass is 159 g/mol.